The van der Waals surface area contributed by atoms with E-state index in [4.69, 9.17) is 0 Å². The van der Waals surface area contributed by atoms with Crippen LogP contribution in [0.3, 0.4) is 0 Å². The van der Waals surface area contributed by atoms with Crippen LogP contribution in [0.2, 0.25) is 0 Å². The smallest absolute Gasteiger partial charge is 0.195 e. The van der Waals surface area contributed by atoms with Crippen molar-refractivity contribution in [2.75, 3.05) is 0 Å². The molecule has 1 aliphatic rings. The number of ketones is 2. The summed E-state index contributed by atoms with van der Waals surface area (Å²) < 4.78 is 0. The van der Waals surface area contributed by atoms with Gasteiger partial charge in [-0.2, -0.15) is 0 Å². The Bertz CT molecular complexity index is 1280. The van der Waals surface area contributed by atoms with E-state index in [1.165, 1.54) is 23.5 Å². The Labute approximate surface area is 196 Å². The number of hydrogen-bond donors (Lipinski definition) is 0. The first-order valence-corrected chi connectivity index (χ1v) is 12.0. The van der Waals surface area contributed by atoms with E-state index in [9.17, 15) is 9.59 Å². The molecule has 0 heterocycles. The van der Waals surface area contributed by atoms with Gasteiger partial charge in [-0.25, -0.2) is 0 Å². The highest BCUT2D eigenvalue weighted by Gasteiger charge is 2.33. The molecular weight excluding hydrogens is 432 g/mol. The molecule has 0 saturated heterocycles. The maximum Gasteiger partial charge on any atom is 0.195 e. The van der Waals surface area contributed by atoms with Crippen LogP contribution in [0, 0.1) is 13.8 Å². The third-order valence-electron chi connectivity index (χ3n) is 5.62. The minimum Gasteiger partial charge on any atom is -0.289 e. The van der Waals surface area contributed by atoms with Gasteiger partial charge >= 0.3 is 0 Å². The van der Waals surface area contributed by atoms with E-state index < -0.39 is 0 Å². The van der Waals surface area contributed by atoms with Gasteiger partial charge in [0.2, 0.25) is 0 Å². The van der Waals surface area contributed by atoms with Crippen molar-refractivity contribution in [3.63, 3.8) is 0 Å². The standard InChI is InChI=1S/C28H20O2S2/c1-17-9-3-5-13-21(17)31-23-15-7-11-19-25(23)27(29)20-12-8-16-24(26(20)28(19)30)32-22-14-6-4-10-18(22)2/h3-16H,1-2H3. The molecule has 0 aliphatic heterocycles. The maximum atomic E-state index is 13.6. The summed E-state index contributed by atoms with van der Waals surface area (Å²) in [6, 6.07) is 27.3. The van der Waals surface area contributed by atoms with Crippen LogP contribution in [0.5, 0.6) is 0 Å². The third kappa shape index (κ3) is 3.60. The number of aryl methyl sites for hydroxylation is 2. The van der Waals surface area contributed by atoms with E-state index in [0.717, 1.165) is 30.7 Å². The fraction of sp³-hybridized carbons (Fsp3) is 0.0714. The lowest BCUT2D eigenvalue weighted by molar-refractivity contribution is 0.0974. The topological polar surface area (TPSA) is 34.1 Å². The minimum absolute atomic E-state index is 0.0847. The molecule has 0 atom stereocenters. The molecule has 32 heavy (non-hydrogen) atoms. The Balaban J connectivity index is 1.60. The minimum atomic E-state index is -0.0847. The Hall–Kier alpha value is -3.08. The fourth-order valence-corrected chi connectivity index (χ4v) is 6.06. The lowest BCUT2D eigenvalue weighted by atomic mass is 9.84. The first kappa shape index (κ1) is 20.8. The molecule has 2 nitrogen and oxygen atoms in total. The highest BCUT2D eigenvalue weighted by atomic mass is 32.2. The first-order chi connectivity index (χ1) is 15.5. The van der Waals surface area contributed by atoms with Crippen LogP contribution in [0.15, 0.2) is 105 Å². The van der Waals surface area contributed by atoms with Gasteiger partial charge in [0, 0.05) is 41.8 Å². The molecule has 0 fully saturated rings. The Morgan fingerprint density at radius 3 is 1.25 bits per heavy atom. The molecule has 0 saturated carbocycles. The van der Waals surface area contributed by atoms with Crippen LogP contribution in [-0.2, 0) is 0 Å². The zero-order valence-electron chi connectivity index (χ0n) is 17.7. The molecule has 0 N–H and O–H groups in total. The number of benzene rings is 4. The van der Waals surface area contributed by atoms with Gasteiger partial charge in [-0.05, 0) is 49.2 Å². The van der Waals surface area contributed by atoms with Crippen LogP contribution in [-0.4, -0.2) is 11.6 Å². The average Bonchev–Trinajstić information content (AvgIpc) is 2.80. The van der Waals surface area contributed by atoms with Crippen LogP contribution in [0.1, 0.15) is 43.0 Å². The van der Waals surface area contributed by atoms with Gasteiger partial charge in [-0.15, -0.1) is 0 Å². The summed E-state index contributed by atoms with van der Waals surface area (Å²) in [4.78, 5) is 31.1. The first-order valence-electron chi connectivity index (χ1n) is 10.4. The van der Waals surface area contributed by atoms with E-state index in [1.54, 1.807) is 12.1 Å². The Morgan fingerprint density at radius 1 is 0.469 bits per heavy atom. The zero-order chi connectivity index (χ0) is 22.2. The summed E-state index contributed by atoms with van der Waals surface area (Å²) in [5.74, 6) is -0.169. The van der Waals surface area contributed by atoms with Crippen molar-refractivity contribution in [2.24, 2.45) is 0 Å². The molecule has 0 spiro atoms. The molecule has 4 aromatic carbocycles. The van der Waals surface area contributed by atoms with Crippen LogP contribution in [0.25, 0.3) is 0 Å². The highest BCUT2D eigenvalue weighted by molar-refractivity contribution is 7.99. The van der Waals surface area contributed by atoms with Crippen molar-refractivity contribution in [1.29, 1.82) is 0 Å². The number of hydrogen-bond acceptors (Lipinski definition) is 4. The van der Waals surface area contributed by atoms with Gasteiger partial charge in [-0.1, -0.05) is 84.2 Å². The average molecular weight is 453 g/mol. The van der Waals surface area contributed by atoms with Crippen molar-refractivity contribution in [1.82, 2.24) is 0 Å². The van der Waals surface area contributed by atoms with Gasteiger partial charge in [0.05, 0.1) is 0 Å². The second kappa shape index (κ2) is 8.45. The summed E-state index contributed by atoms with van der Waals surface area (Å²) in [6.07, 6.45) is 0. The normalized spacial score (nSPS) is 12.4. The van der Waals surface area contributed by atoms with E-state index in [1.807, 2.05) is 60.7 Å². The number of fused-ring (bicyclic) bond motifs is 2. The van der Waals surface area contributed by atoms with Crippen molar-refractivity contribution < 1.29 is 9.59 Å². The van der Waals surface area contributed by atoms with Crippen LogP contribution < -0.4 is 0 Å². The van der Waals surface area contributed by atoms with E-state index in [0.29, 0.717) is 22.3 Å². The monoisotopic (exact) mass is 452 g/mol. The SMILES string of the molecule is Cc1ccccc1Sc1cccc2c1C(=O)c1cccc(Sc3ccccc3C)c1C2=O. The van der Waals surface area contributed by atoms with Crippen molar-refractivity contribution in [2.45, 2.75) is 33.4 Å². The fourth-order valence-electron chi connectivity index (χ4n) is 3.93. The summed E-state index contributed by atoms with van der Waals surface area (Å²) >= 11 is 3.08. The van der Waals surface area contributed by atoms with Gasteiger partial charge < -0.3 is 0 Å². The van der Waals surface area contributed by atoms with Crippen LogP contribution >= 0.6 is 23.5 Å². The summed E-state index contributed by atoms with van der Waals surface area (Å²) in [7, 11) is 0. The lowest BCUT2D eigenvalue weighted by Gasteiger charge is -2.22. The zero-order valence-corrected chi connectivity index (χ0v) is 19.3. The summed E-state index contributed by atoms with van der Waals surface area (Å²) in [6.45, 7) is 4.10. The number of carbonyl (C=O) groups is 2. The van der Waals surface area contributed by atoms with Gasteiger partial charge in [-0.3, -0.25) is 9.59 Å². The second-order valence-corrected chi connectivity index (χ2v) is 9.92. The molecule has 0 amide bonds. The van der Waals surface area contributed by atoms with Crippen molar-refractivity contribution >= 4 is 35.1 Å². The molecule has 1 aliphatic carbocycles. The molecular formula is C28H20O2S2. The van der Waals surface area contributed by atoms with E-state index >= 15 is 0 Å². The van der Waals surface area contributed by atoms with E-state index in [-0.39, 0.29) is 11.6 Å². The third-order valence-corrected chi connectivity index (χ3v) is 8.10. The maximum absolute atomic E-state index is 13.6. The lowest BCUT2D eigenvalue weighted by Crippen LogP contribution is -2.22. The molecule has 4 aromatic rings. The molecule has 0 aromatic heterocycles. The predicted octanol–water partition coefficient (Wildman–Crippen LogP) is 7.38. The predicted molar refractivity (Wildman–Crippen MR) is 130 cm³/mol. The molecule has 156 valence electrons. The molecule has 0 radical (unpaired) electrons. The molecule has 0 bridgehead atoms. The highest BCUT2D eigenvalue weighted by Crippen LogP contribution is 2.42. The van der Waals surface area contributed by atoms with Crippen LogP contribution in [0.4, 0.5) is 0 Å². The molecule has 4 heteroatoms. The van der Waals surface area contributed by atoms with Crippen molar-refractivity contribution in [3.8, 4) is 0 Å². The van der Waals surface area contributed by atoms with Crippen molar-refractivity contribution in [3.05, 3.63) is 118 Å². The van der Waals surface area contributed by atoms with E-state index in [2.05, 4.69) is 26.0 Å². The van der Waals surface area contributed by atoms with Gasteiger partial charge in [0.25, 0.3) is 0 Å². The van der Waals surface area contributed by atoms with Gasteiger partial charge in [0.1, 0.15) is 0 Å². The summed E-state index contributed by atoms with van der Waals surface area (Å²) in [5.41, 5.74) is 4.27. The Morgan fingerprint density at radius 2 is 0.844 bits per heavy atom. The summed E-state index contributed by atoms with van der Waals surface area (Å²) in [5, 5.41) is 0. The van der Waals surface area contributed by atoms with Gasteiger partial charge in [0.15, 0.2) is 11.6 Å². The number of carbonyl (C=O) groups excluding carboxylic acids is 2. The molecule has 5 rings (SSSR count). The largest absolute Gasteiger partial charge is 0.289 e. The quantitative estimate of drug-likeness (QED) is 0.285. The second-order valence-electron chi connectivity index (χ2n) is 7.75. The number of rotatable bonds is 4. The molecule has 0 unspecified atom stereocenters. The Kier molecular flexibility index (Phi) is 5.50.